The largest absolute Gasteiger partial charge is 0.339 e. The summed E-state index contributed by atoms with van der Waals surface area (Å²) in [5.74, 6) is 0.480. The van der Waals surface area contributed by atoms with Crippen LogP contribution in [0.4, 0.5) is 0 Å². The monoisotopic (exact) mass is 425 g/mol. The zero-order valence-electron chi connectivity index (χ0n) is 17.8. The summed E-state index contributed by atoms with van der Waals surface area (Å²) in [6.07, 6.45) is 11.3. The lowest BCUT2D eigenvalue weighted by Crippen LogP contribution is -2.43. The number of hydrogen-bond donors (Lipinski definition) is 0. The number of benzene rings is 1. The molecule has 0 unspecified atom stereocenters. The Hall–Kier alpha value is -2.08. The number of piperidine rings is 1. The van der Waals surface area contributed by atoms with Crippen LogP contribution in [0, 0.1) is 0 Å². The van der Waals surface area contributed by atoms with E-state index in [9.17, 15) is 9.59 Å². The van der Waals surface area contributed by atoms with Crippen molar-refractivity contribution in [3.8, 4) is 0 Å². The fraction of sp³-hybridized carbons (Fsp3) is 0.542. The molecule has 2 aliphatic rings. The number of aromatic nitrogens is 2. The van der Waals surface area contributed by atoms with Crippen molar-refractivity contribution in [2.45, 2.75) is 76.0 Å². The number of carbonyl (C=O) groups excluding carboxylic acids is 1. The van der Waals surface area contributed by atoms with Crippen molar-refractivity contribution in [1.29, 1.82) is 0 Å². The van der Waals surface area contributed by atoms with Gasteiger partial charge in [-0.15, -0.1) is 0 Å². The number of carbonyl (C=O) groups is 1. The molecule has 5 nitrogen and oxygen atoms in total. The Morgan fingerprint density at radius 1 is 1.20 bits per heavy atom. The number of nitrogens with zero attached hydrogens (tertiary/aromatic N) is 3. The van der Waals surface area contributed by atoms with Gasteiger partial charge in [0.2, 0.25) is 5.91 Å². The molecule has 1 aromatic carbocycles. The van der Waals surface area contributed by atoms with E-state index in [-0.39, 0.29) is 11.5 Å². The van der Waals surface area contributed by atoms with Gasteiger partial charge < -0.3 is 4.90 Å². The van der Waals surface area contributed by atoms with E-state index in [1.165, 1.54) is 36.6 Å². The summed E-state index contributed by atoms with van der Waals surface area (Å²) in [7, 11) is 0. The van der Waals surface area contributed by atoms with Gasteiger partial charge >= 0.3 is 0 Å². The van der Waals surface area contributed by atoms with Gasteiger partial charge in [0.15, 0.2) is 5.16 Å². The van der Waals surface area contributed by atoms with Crippen LogP contribution < -0.4 is 5.56 Å². The number of amides is 1. The molecule has 1 saturated heterocycles. The average molecular weight is 426 g/mol. The van der Waals surface area contributed by atoms with E-state index >= 15 is 0 Å². The van der Waals surface area contributed by atoms with Crippen LogP contribution in [-0.2, 0) is 11.3 Å². The van der Waals surface area contributed by atoms with Crippen LogP contribution in [0.1, 0.15) is 58.3 Å². The molecule has 0 radical (unpaired) electrons. The molecule has 30 heavy (non-hydrogen) atoms. The predicted octanol–water partition coefficient (Wildman–Crippen LogP) is 4.78. The first-order valence-electron chi connectivity index (χ1n) is 11.2. The van der Waals surface area contributed by atoms with Gasteiger partial charge in [0.05, 0.1) is 16.7 Å². The number of fused-ring (bicyclic) bond motifs is 1. The highest BCUT2D eigenvalue weighted by Crippen LogP contribution is 2.24. The molecule has 1 amide bonds. The number of thioether (sulfide) groups is 1. The highest BCUT2D eigenvalue weighted by Gasteiger charge is 2.24. The first-order valence-corrected chi connectivity index (χ1v) is 12.2. The van der Waals surface area contributed by atoms with E-state index in [2.05, 4.69) is 13.0 Å². The third kappa shape index (κ3) is 4.80. The summed E-state index contributed by atoms with van der Waals surface area (Å²) < 4.78 is 1.79. The Labute approximate surface area is 182 Å². The van der Waals surface area contributed by atoms with E-state index in [1.807, 2.05) is 29.2 Å². The number of rotatable bonds is 6. The smallest absolute Gasteiger partial charge is 0.262 e. The van der Waals surface area contributed by atoms with Gasteiger partial charge in [-0.1, -0.05) is 35.5 Å². The lowest BCUT2D eigenvalue weighted by Gasteiger charge is -2.33. The van der Waals surface area contributed by atoms with E-state index in [0.717, 1.165) is 38.6 Å². The van der Waals surface area contributed by atoms with Gasteiger partial charge in [0, 0.05) is 19.1 Å². The zero-order chi connectivity index (χ0) is 20.9. The molecule has 1 aliphatic heterocycles. The fourth-order valence-corrected chi connectivity index (χ4v) is 5.43. The first-order chi connectivity index (χ1) is 14.6. The van der Waals surface area contributed by atoms with E-state index in [4.69, 9.17) is 4.98 Å². The second kappa shape index (κ2) is 9.82. The SMILES string of the molecule is C[C@H]1CCCCN1C(=O)CSc1nc2ccccc2c(=O)n1CCC1=CCCCC1. The average Bonchev–Trinajstić information content (AvgIpc) is 2.78. The molecule has 0 bridgehead atoms. The van der Waals surface area contributed by atoms with Gasteiger partial charge in [0.25, 0.3) is 5.56 Å². The summed E-state index contributed by atoms with van der Waals surface area (Å²) in [6, 6.07) is 7.81. The van der Waals surface area contributed by atoms with Crippen molar-refractivity contribution >= 4 is 28.6 Å². The van der Waals surface area contributed by atoms with E-state index in [0.29, 0.717) is 34.4 Å². The van der Waals surface area contributed by atoms with Crippen molar-refractivity contribution in [3.63, 3.8) is 0 Å². The fourth-order valence-electron chi connectivity index (χ4n) is 4.52. The molecule has 1 fully saturated rings. The maximum Gasteiger partial charge on any atom is 0.262 e. The van der Waals surface area contributed by atoms with E-state index < -0.39 is 0 Å². The lowest BCUT2D eigenvalue weighted by molar-refractivity contribution is -0.131. The third-order valence-electron chi connectivity index (χ3n) is 6.32. The zero-order valence-corrected chi connectivity index (χ0v) is 18.6. The van der Waals surface area contributed by atoms with Gasteiger partial charge in [-0.3, -0.25) is 14.2 Å². The maximum absolute atomic E-state index is 13.2. The molecular weight excluding hydrogens is 394 g/mol. The molecule has 6 heteroatoms. The van der Waals surface area contributed by atoms with Gasteiger partial charge in [-0.25, -0.2) is 4.98 Å². The van der Waals surface area contributed by atoms with Crippen molar-refractivity contribution in [2.75, 3.05) is 12.3 Å². The van der Waals surface area contributed by atoms with E-state index in [1.54, 1.807) is 4.57 Å². The molecule has 0 N–H and O–H groups in total. The standard InChI is InChI=1S/C24H31N3O2S/c1-18-9-7-8-15-26(18)22(28)17-30-24-25-21-13-6-5-12-20(21)23(29)27(24)16-14-19-10-3-2-4-11-19/h5-6,10,12-13,18H,2-4,7-9,11,14-17H2,1H3/t18-/m0/s1. The molecule has 0 saturated carbocycles. The maximum atomic E-state index is 13.2. The molecular formula is C24H31N3O2S. The number of para-hydroxylation sites is 1. The molecule has 1 atom stereocenters. The minimum Gasteiger partial charge on any atom is -0.339 e. The van der Waals surface area contributed by atoms with Crippen LogP contribution in [0.3, 0.4) is 0 Å². The Morgan fingerprint density at radius 2 is 2.07 bits per heavy atom. The number of allylic oxidation sites excluding steroid dienone is 2. The quantitative estimate of drug-likeness (QED) is 0.380. The summed E-state index contributed by atoms with van der Waals surface area (Å²) in [5.41, 5.74) is 2.14. The molecule has 1 aliphatic carbocycles. The predicted molar refractivity (Wildman–Crippen MR) is 123 cm³/mol. The van der Waals surface area contributed by atoms with Gasteiger partial charge in [-0.2, -0.15) is 0 Å². The summed E-state index contributed by atoms with van der Waals surface area (Å²) in [4.78, 5) is 32.8. The minimum absolute atomic E-state index is 0.00158. The molecule has 2 aromatic rings. The minimum atomic E-state index is -0.00158. The molecule has 4 rings (SSSR count). The molecule has 2 heterocycles. The van der Waals surface area contributed by atoms with Crippen molar-refractivity contribution in [3.05, 3.63) is 46.3 Å². The van der Waals surface area contributed by atoms with Crippen molar-refractivity contribution in [1.82, 2.24) is 14.5 Å². The molecule has 1 aromatic heterocycles. The first kappa shape index (κ1) is 21.2. The Bertz CT molecular complexity index is 998. The second-order valence-electron chi connectivity index (χ2n) is 8.45. The second-order valence-corrected chi connectivity index (χ2v) is 9.39. The highest BCUT2D eigenvalue weighted by atomic mass is 32.2. The highest BCUT2D eigenvalue weighted by molar-refractivity contribution is 7.99. The Balaban J connectivity index is 1.56. The lowest BCUT2D eigenvalue weighted by atomic mass is 9.97. The van der Waals surface area contributed by atoms with Crippen LogP contribution in [0.25, 0.3) is 10.9 Å². The van der Waals surface area contributed by atoms with Crippen LogP contribution in [0.2, 0.25) is 0 Å². The third-order valence-corrected chi connectivity index (χ3v) is 7.28. The summed E-state index contributed by atoms with van der Waals surface area (Å²) in [6.45, 7) is 3.59. The Morgan fingerprint density at radius 3 is 2.87 bits per heavy atom. The van der Waals surface area contributed by atoms with Gasteiger partial charge in [0.1, 0.15) is 0 Å². The van der Waals surface area contributed by atoms with Crippen LogP contribution >= 0.6 is 11.8 Å². The van der Waals surface area contributed by atoms with Gasteiger partial charge in [-0.05, 0) is 70.4 Å². The van der Waals surface area contributed by atoms with Crippen molar-refractivity contribution in [2.24, 2.45) is 0 Å². The topological polar surface area (TPSA) is 55.2 Å². The summed E-state index contributed by atoms with van der Waals surface area (Å²) >= 11 is 1.41. The summed E-state index contributed by atoms with van der Waals surface area (Å²) in [5, 5.41) is 1.31. The number of hydrogen-bond acceptors (Lipinski definition) is 4. The Kier molecular flexibility index (Phi) is 6.93. The van der Waals surface area contributed by atoms with Crippen LogP contribution in [0.5, 0.6) is 0 Å². The molecule has 0 spiro atoms. The number of likely N-dealkylation sites (tertiary alicyclic amines) is 1. The molecule has 160 valence electrons. The van der Waals surface area contributed by atoms with Crippen LogP contribution in [-0.4, -0.2) is 38.7 Å². The van der Waals surface area contributed by atoms with Crippen molar-refractivity contribution < 1.29 is 4.79 Å². The normalized spacial score (nSPS) is 19.7. The van der Waals surface area contributed by atoms with Crippen LogP contribution in [0.15, 0.2) is 45.9 Å².